The van der Waals surface area contributed by atoms with Crippen LogP contribution in [0.1, 0.15) is 24.1 Å². The van der Waals surface area contributed by atoms with Crippen LogP contribution in [0.15, 0.2) is 66.0 Å². The molecule has 1 unspecified atom stereocenters. The van der Waals surface area contributed by atoms with Crippen molar-refractivity contribution in [2.45, 2.75) is 31.8 Å². The molecule has 2 N–H and O–H groups in total. The molecular formula is C26H27N5O2S. The third-order valence-corrected chi connectivity index (χ3v) is 7.56. The second-order valence-electron chi connectivity index (χ2n) is 8.80. The van der Waals surface area contributed by atoms with Crippen LogP contribution in [0.4, 0.5) is 11.4 Å². The van der Waals surface area contributed by atoms with Crippen molar-refractivity contribution in [3.8, 4) is 11.3 Å². The highest BCUT2D eigenvalue weighted by Gasteiger charge is 2.22. The van der Waals surface area contributed by atoms with E-state index >= 15 is 0 Å². The summed E-state index contributed by atoms with van der Waals surface area (Å²) in [4.78, 5) is 14.1. The Morgan fingerprint density at radius 2 is 2.03 bits per heavy atom. The molecule has 0 saturated carbocycles. The van der Waals surface area contributed by atoms with Gasteiger partial charge in [-0.25, -0.2) is 0 Å². The SMILES string of the molecule is CN1CCCC1CCn1c(-c2ccc([N+](=O)[O-])cc2)cc2cc(NC(=N)c3cccs3)ccc21. The third kappa shape index (κ3) is 4.47. The maximum Gasteiger partial charge on any atom is 0.269 e. The summed E-state index contributed by atoms with van der Waals surface area (Å²) < 4.78 is 2.33. The number of aryl methyl sites for hydroxylation is 1. The first-order valence-corrected chi connectivity index (χ1v) is 12.4. The zero-order valence-corrected chi connectivity index (χ0v) is 19.8. The summed E-state index contributed by atoms with van der Waals surface area (Å²) in [5, 5.41) is 25.7. The van der Waals surface area contributed by atoms with Crippen LogP contribution in [0.2, 0.25) is 0 Å². The van der Waals surface area contributed by atoms with Gasteiger partial charge in [0.05, 0.1) is 9.80 Å². The molecule has 4 aromatic rings. The van der Waals surface area contributed by atoms with Gasteiger partial charge in [-0.1, -0.05) is 6.07 Å². The van der Waals surface area contributed by atoms with E-state index < -0.39 is 0 Å². The highest BCUT2D eigenvalue weighted by atomic mass is 32.1. The number of amidine groups is 1. The van der Waals surface area contributed by atoms with Crippen LogP contribution in [0, 0.1) is 15.5 Å². The number of anilines is 1. The number of nitrogens with one attached hydrogen (secondary N) is 2. The van der Waals surface area contributed by atoms with Crippen molar-refractivity contribution in [3.05, 3.63) is 81.0 Å². The summed E-state index contributed by atoms with van der Waals surface area (Å²) in [5.74, 6) is 0.383. The van der Waals surface area contributed by atoms with E-state index in [2.05, 4.69) is 40.0 Å². The Morgan fingerprint density at radius 1 is 1.21 bits per heavy atom. The smallest absolute Gasteiger partial charge is 0.269 e. The highest BCUT2D eigenvalue weighted by molar-refractivity contribution is 7.12. The number of hydrogen-bond donors (Lipinski definition) is 2. The molecule has 34 heavy (non-hydrogen) atoms. The minimum atomic E-state index is -0.365. The maximum atomic E-state index is 11.1. The van der Waals surface area contributed by atoms with Crippen LogP contribution in [0.3, 0.4) is 0 Å². The fraction of sp³-hybridized carbons (Fsp3) is 0.269. The Kier molecular flexibility index (Phi) is 6.17. The Hall–Kier alpha value is -3.49. The molecule has 5 rings (SSSR count). The van der Waals surface area contributed by atoms with Crippen LogP contribution in [0.25, 0.3) is 22.2 Å². The van der Waals surface area contributed by atoms with Crippen molar-refractivity contribution in [2.24, 2.45) is 0 Å². The average Bonchev–Trinajstić information content (AvgIpc) is 3.58. The van der Waals surface area contributed by atoms with Crippen molar-refractivity contribution in [2.75, 3.05) is 18.9 Å². The first-order valence-electron chi connectivity index (χ1n) is 11.5. The largest absolute Gasteiger partial charge is 0.340 e. The van der Waals surface area contributed by atoms with Crippen molar-refractivity contribution in [1.29, 1.82) is 5.41 Å². The molecule has 1 aliphatic rings. The van der Waals surface area contributed by atoms with Gasteiger partial charge in [0.1, 0.15) is 5.84 Å². The fourth-order valence-electron chi connectivity index (χ4n) is 4.83. The molecule has 0 amide bonds. The lowest BCUT2D eigenvalue weighted by Crippen LogP contribution is -2.26. The zero-order valence-electron chi connectivity index (χ0n) is 19.0. The molecule has 3 heterocycles. The number of benzene rings is 2. The molecule has 0 bridgehead atoms. The number of thiophene rings is 1. The van der Waals surface area contributed by atoms with Crippen molar-refractivity contribution >= 4 is 39.5 Å². The number of nitro benzene ring substituents is 1. The molecule has 2 aromatic carbocycles. The van der Waals surface area contributed by atoms with Gasteiger partial charge in [0.2, 0.25) is 0 Å². The number of likely N-dealkylation sites (tertiary alicyclic amines) is 1. The molecule has 8 heteroatoms. The summed E-state index contributed by atoms with van der Waals surface area (Å²) in [5.41, 5.74) is 4.10. The van der Waals surface area contributed by atoms with Gasteiger partial charge in [-0.15, -0.1) is 11.3 Å². The first kappa shape index (κ1) is 22.3. The molecular weight excluding hydrogens is 446 g/mol. The molecule has 1 fully saturated rings. The average molecular weight is 474 g/mol. The Bertz CT molecular complexity index is 1330. The molecule has 1 aliphatic heterocycles. The number of nitrogens with zero attached hydrogens (tertiary/aromatic N) is 3. The Balaban J connectivity index is 1.49. The molecule has 0 radical (unpaired) electrons. The minimum absolute atomic E-state index is 0.0950. The number of hydrogen-bond acceptors (Lipinski definition) is 5. The standard InChI is InChI=1S/C26H27N5O2S/c1-29-13-2-4-21(29)12-14-30-23-11-8-20(28-26(27)25-5-3-15-34-25)16-19(23)17-24(30)18-6-9-22(10-7-18)31(32)33/h3,5-11,15-17,21H,2,4,12-14H2,1H3,(H2,27,28). The fourth-order valence-corrected chi connectivity index (χ4v) is 5.46. The summed E-state index contributed by atoms with van der Waals surface area (Å²) in [6, 6.07) is 19.6. The molecule has 1 atom stereocenters. The van der Waals surface area contributed by atoms with E-state index in [-0.39, 0.29) is 10.6 Å². The van der Waals surface area contributed by atoms with Gasteiger partial charge in [-0.2, -0.15) is 0 Å². The number of non-ortho nitro benzene ring substituents is 1. The van der Waals surface area contributed by atoms with Gasteiger partial charge in [0.15, 0.2) is 0 Å². The van der Waals surface area contributed by atoms with Gasteiger partial charge in [-0.05, 0) is 86.3 Å². The Labute approximate surface area is 202 Å². The lowest BCUT2D eigenvalue weighted by Gasteiger charge is -2.21. The molecule has 2 aromatic heterocycles. The number of nitro groups is 1. The lowest BCUT2D eigenvalue weighted by atomic mass is 10.1. The van der Waals surface area contributed by atoms with Gasteiger partial charge in [-0.3, -0.25) is 15.5 Å². The highest BCUT2D eigenvalue weighted by Crippen LogP contribution is 2.32. The molecule has 1 saturated heterocycles. The predicted octanol–water partition coefficient (Wildman–Crippen LogP) is 6.20. The van der Waals surface area contributed by atoms with Crippen LogP contribution in [0.5, 0.6) is 0 Å². The topological polar surface area (TPSA) is 87.2 Å². The number of aromatic nitrogens is 1. The van der Waals surface area contributed by atoms with E-state index in [1.807, 2.05) is 35.7 Å². The summed E-state index contributed by atoms with van der Waals surface area (Å²) in [7, 11) is 2.20. The second kappa shape index (κ2) is 9.40. The summed E-state index contributed by atoms with van der Waals surface area (Å²) in [6.45, 7) is 2.03. The van der Waals surface area contributed by atoms with Crippen LogP contribution >= 0.6 is 11.3 Å². The minimum Gasteiger partial charge on any atom is -0.340 e. The van der Waals surface area contributed by atoms with Crippen LogP contribution in [-0.4, -0.2) is 39.9 Å². The molecule has 0 aliphatic carbocycles. The van der Waals surface area contributed by atoms with Crippen molar-refractivity contribution < 1.29 is 4.92 Å². The van der Waals surface area contributed by atoms with Crippen molar-refractivity contribution in [3.63, 3.8) is 0 Å². The second-order valence-corrected chi connectivity index (χ2v) is 9.75. The molecule has 0 spiro atoms. The van der Waals surface area contributed by atoms with Gasteiger partial charge < -0.3 is 14.8 Å². The van der Waals surface area contributed by atoms with Gasteiger partial charge >= 0.3 is 0 Å². The van der Waals surface area contributed by atoms with E-state index in [1.165, 1.54) is 24.2 Å². The normalized spacial score (nSPS) is 16.2. The first-order chi connectivity index (χ1) is 16.5. The summed E-state index contributed by atoms with van der Waals surface area (Å²) >= 11 is 1.54. The maximum absolute atomic E-state index is 11.1. The number of fused-ring (bicyclic) bond motifs is 1. The number of rotatable bonds is 7. The van der Waals surface area contributed by atoms with Crippen LogP contribution in [-0.2, 0) is 6.54 Å². The van der Waals surface area contributed by atoms with Gasteiger partial charge in [0, 0.05) is 47.0 Å². The van der Waals surface area contributed by atoms with Crippen molar-refractivity contribution in [1.82, 2.24) is 9.47 Å². The van der Waals surface area contributed by atoms with E-state index in [1.54, 1.807) is 12.1 Å². The predicted molar refractivity (Wildman–Crippen MR) is 139 cm³/mol. The van der Waals surface area contributed by atoms with Crippen LogP contribution < -0.4 is 5.32 Å². The quantitative estimate of drug-likeness (QED) is 0.145. The molecule has 7 nitrogen and oxygen atoms in total. The zero-order chi connectivity index (χ0) is 23.7. The van der Waals surface area contributed by atoms with E-state index in [0.717, 1.165) is 52.2 Å². The molecule has 174 valence electrons. The monoisotopic (exact) mass is 473 g/mol. The van der Waals surface area contributed by atoms with Gasteiger partial charge in [0.25, 0.3) is 5.69 Å². The lowest BCUT2D eigenvalue weighted by molar-refractivity contribution is -0.384. The Morgan fingerprint density at radius 3 is 2.71 bits per heavy atom. The van der Waals surface area contributed by atoms with E-state index in [0.29, 0.717) is 11.9 Å². The van der Waals surface area contributed by atoms with E-state index in [9.17, 15) is 10.1 Å². The third-order valence-electron chi connectivity index (χ3n) is 6.67. The van der Waals surface area contributed by atoms with E-state index in [4.69, 9.17) is 5.41 Å². The summed E-state index contributed by atoms with van der Waals surface area (Å²) in [6.07, 6.45) is 3.53.